The zero-order chi connectivity index (χ0) is 45.0. The molecule has 5 unspecified atom stereocenters. The average molecular weight is 909 g/mol. The fourth-order valence-corrected chi connectivity index (χ4v) is 11.6. The van der Waals surface area contributed by atoms with Crippen LogP contribution in [0, 0.1) is 5.92 Å². The molecule has 2 saturated heterocycles. The summed E-state index contributed by atoms with van der Waals surface area (Å²) in [6, 6.07) is 0. The largest absolute Gasteiger partial charge is 0.377 e. The van der Waals surface area contributed by atoms with Crippen LogP contribution in [0.25, 0.3) is 0 Å². The number of nitrogens with two attached hydrogens (primary N) is 2. The molecule has 0 radical (unpaired) electrons. The molecule has 6 atom stereocenters. The minimum atomic E-state index is -3.27. The van der Waals surface area contributed by atoms with E-state index < -0.39 is 14.7 Å². The fraction of sp³-hybridized carbons (Fsp3) is 0.808. The molecule has 0 aliphatic carbocycles. The summed E-state index contributed by atoms with van der Waals surface area (Å²) in [7, 11) is -5.60. The Morgan fingerprint density at radius 3 is 1.56 bits per heavy atom. The van der Waals surface area contributed by atoms with Crippen molar-refractivity contribution in [3.05, 3.63) is 48.6 Å². The van der Waals surface area contributed by atoms with Crippen LogP contribution in [0.3, 0.4) is 0 Å². The molecular formula is C52H98N2O6P2. The third-order valence-electron chi connectivity index (χ3n) is 12.7. The Balaban J connectivity index is 1.95. The van der Waals surface area contributed by atoms with E-state index in [4.69, 9.17) is 30.0 Å². The predicted molar refractivity (Wildman–Crippen MR) is 274 cm³/mol. The summed E-state index contributed by atoms with van der Waals surface area (Å²) in [5.74, 6) is 0.143. The number of unbranched alkanes of at least 4 members (excludes halogenated alkanes) is 18. The SMILES string of the molecule is C=P(O)(CCCN)CCC1OC(COP(=C)(O)OCCN)[C@H]2CC(CCCCCCCC/C=C\C/C=C\CCCCC)(CCCCCCCC/C=C\C/C=C\CCCCC)OC12. The quantitative estimate of drug-likeness (QED) is 0.0271. The highest BCUT2D eigenvalue weighted by atomic mass is 31.2. The lowest BCUT2D eigenvalue weighted by molar-refractivity contribution is -0.103. The predicted octanol–water partition coefficient (Wildman–Crippen LogP) is 13.6. The van der Waals surface area contributed by atoms with E-state index in [0.29, 0.717) is 25.3 Å². The fourth-order valence-electron chi connectivity index (χ4n) is 9.07. The van der Waals surface area contributed by atoms with Crippen LogP contribution in [0.15, 0.2) is 48.6 Å². The number of allylic oxidation sites excluding steroid dienone is 8. The van der Waals surface area contributed by atoms with Crippen molar-refractivity contribution in [2.75, 3.05) is 38.6 Å². The van der Waals surface area contributed by atoms with Gasteiger partial charge >= 0.3 is 0 Å². The number of fused-ring (bicyclic) bond motifs is 1. The second kappa shape index (κ2) is 36.4. The second-order valence-electron chi connectivity index (χ2n) is 18.5. The van der Waals surface area contributed by atoms with Crippen LogP contribution in [0.4, 0.5) is 0 Å². The van der Waals surface area contributed by atoms with Crippen molar-refractivity contribution in [2.45, 2.75) is 224 Å². The van der Waals surface area contributed by atoms with Crippen LogP contribution in [-0.4, -0.2) is 84.9 Å². The van der Waals surface area contributed by atoms with E-state index in [1.807, 2.05) is 0 Å². The number of hydrogen-bond donors (Lipinski definition) is 4. The lowest BCUT2D eigenvalue weighted by Crippen LogP contribution is -2.34. The monoisotopic (exact) mass is 909 g/mol. The van der Waals surface area contributed by atoms with Gasteiger partial charge in [0.25, 0.3) is 0 Å². The second-order valence-corrected chi connectivity index (χ2v) is 23.4. The maximum Gasteiger partial charge on any atom is 0.248 e. The minimum Gasteiger partial charge on any atom is -0.377 e. The zero-order valence-electron chi connectivity index (χ0n) is 40.2. The van der Waals surface area contributed by atoms with Gasteiger partial charge in [0.1, 0.15) is 0 Å². The molecule has 10 heteroatoms. The van der Waals surface area contributed by atoms with Crippen LogP contribution in [-0.2, 0) is 18.5 Å². The molecule has 0 aromatic rings. The van der Waals surface area contributed by atoms with Gasteiger partial charge in [0.05, 0.1) is 37.1 Å². The van der Waals surface area contributed by atoms with Gasteiger partial charge in [-0.25, -0.2) is 0 Å². The smallest absolute Gasteiger partial charge is 0.248 e. The Bertz CT molecular complexity index is 1210. The minimum absolute atomic E-state index is 0.0754. The molecule has 2 fully saturated rings. The molecule has 8 nitrogen and oxygen atoms in total. The van der Waals surface area contributed by atoms with Crippen LogP contribution in [0.2, 0.25) is 0 Å². The van der Waals surface area contributed by atoms with Gasteiger partial charge in [-0.1, -0.05) is 159 Å². The Kier molecular flexibility index (Phi) is 33.7. The summed E-state index contributed by atoms with van der Waals surface area (Å²) in [6.45, 7) is 5.75. The first-order valence-electron chi connectivity index (χ1n) is 25.6. The maximum absolute atomic E-state index is 11.2. The van der Waals surface area contributed by atoms with Crippen molar-refractivity contribution in [1.82, 2.24) is 0 Å². The first-order chi connectivity index (χ1) is 30.1. The first-order valence-corrected chi connectivity index (χ1v) is 29.7. The summed E-state index contributed by atoms with van der Waals surface area (Å²) in [5, 5.41) is 0. The molecule has 0 aromatic heterocycles. The molecule has 0 spiro atoms. The van der Waals surface area contributed by atoms with Crippen LogP contribution >= 0.6 is 14.7 Å². The highest BCUT2D eigenvalue weighted by Crippen LogP contribution is 2.52. The van der Waals surface area contributed by atoms with Crippen molar-refractivity contribution in [3.8, 4) is 0 Å². The van der Waals surface area contributed by atoms with E-state index in [9.17, 15) is 9.79 Å². The van der Waals surface area contributed by atoms with Crippen molar-refractivity contribution in [1.29, 1.82) is 0 Å². The standard InChI is InChI=1S/C52H98N2O6P2/c1-5-7-9-11-13-15-17-19-21-23-25-27-29-31-33-35-39-52(40-36-34-32-30-28-26-24-22-20-18-16-14-12-10-8-6-2)46-48-50(47-58-62(4,56)57-43-42-54)59-49(51(48)60-52)38-45-61(3,55)44-37-41-53/h13-16,19-22,48-51,55-56H,3-12,17-18,23-47,53-54H2,1-2H3/b15-13-,16-14-,21-19-,22-20-/t48-,49?,50?,51?,61?,62?/m1/s1. The van der Waals surface area contributed by atoms with E-state index in [2.05, 4.69) is 75.1 Å². The third kappa shape index (κ3) is 27.7. The van der Waals surface area contributed by atoms with Gasteiger partial charge in [-0.15, -0.1) is 0 Å². The van der Waals surface area contributed by atoms with Crippen LogP contribution in [0.1, 0.15) is 200 Å². The molecule has 0 saturated carbocycles. The van der Waals surface area contributed by atoms with E-state index in [1.54, 1.807) is 0 Å². The van der Waals surface area contributed by atoms with Gasteiger partial charge in [0.15, 0.2) is 0 Å². The van der Waals surface area contributed by atoms with Crippen molar-refractivity contribution in [2.24, 2.45) is 17.4 Å². The molecule has 0 amide bonds. The topological polar surface area (TPSA) is 129 Å². The van der Waals surface area contributed by atoms with Gasteiger partial charge in [-0.2, -0.15) is 0 Å². The van der Waals surface area contributed by atoms with Crippen molar-refractivity contribution >= 4 is 27.3 Å². The lowest BCUT2D eigenvalue weighted by atomic mass is 9.82. The molecule has 0 bridgehead atoms. The molecule has 6 N–H and O–H groups in total. The van der Waals surface area contributed by atoms with Gasteiger partial charge in [0, 0.05) is 12.5 Å². The summed E-state index contributed by atoms with van der Waals surface area (Å²) in [5.41, 5.74) is 11.2. The van der Waals surface area contributed by atoms with Gasteiger partial charge < -0.3 is 39.8 Å². The van der Waals surface area contributed by atoms with Crippen LogP contribution < -0.4 is 11.5 Å². The summed E-state index contributed by atoms with van der Waals surface area (Å²) in [6.07, 6.45) is 61.9. The molecule has 2 aliphatic heterocycles. The van der Waals surface area contributed by atoms with E-state index in [-0.39, 0.29) is 49.6 Å². The van der Waals surface area contributed by atoms with E-state index in [1.165, 1.54) is 141 Å². The van der Waals surface area contributed by atoms with E-state index >= 15 is 0 Å². The van der Waals surface area contributed by atoms with Gasteiger partial charge in [-0.3, -0.25) is 0 Å². The molecule has 2 heterocycles. The summed E-state index contributed by atoms with van der Waals surface area (Å²) < 4.78 is 25.4. The summed E-state index contributed by atoms with van der Waals surface area (Å²) >= 11 is 0. The molecule has 362 valence electrons. The van der Waals surface area contributed by atoms with E-state index in [0.717, 1.165) is 38.5 Å². The van der Waals surface area contributed by atoms with Gasteiger partial charge in [0.2, 0.25) is 7.57 Å². The first kappa shape index (κ1) is 57.4. The molecule has 62 heavy (non-hydrogen) atoms. The van der Waals surface area contributed by atoms with Gasteiger partial charge in [-0.05, 0) is 129 Å². The molecule has 0 aromatic carbocycles. The Morgan fingerprint density at radius 2 is 1.08 bits per heavy atom. The molecule has 2 aliphatic rings. The highest BCUT2D eigenvalue weighted by Gasteiger charge is 2.56. The Hall–Kier alpha value is -0.760. The molecular weight excluding hydrogens is 811 g/mol. The number of rotatable bonds is 42. The maximum atomic E-state index is 11.2. The number of hydrogen-bond acceptors (Lipinski definition) is 8. The Labute approximate surface area is 382 Å². The average Bonchev–Trinajstić information content (AvgIpc) is 3.78. The Morgan fingerprint density at radius 1 is 0.597 bits per heavy atom. The summed E-state index contributed by atoms with van der Waals surface area (Å²) in [4.78, 5) is 22.0. The number of ether oxygens (including phenoxy) is 2. The van der Waals surface area contributed by atoms with Crippen molar-refractivity contribution < 1.29 is 28.3 Å². The third-order valence-corrected chi connectivity index (χ3v) is 16.1. The highest BCUT2D eigenvalue weighted by molar-refractivity contribution is 7.68. The normalized spacial score (nSPS) is 22.2. The molecule has 2 rings (SSSR count). The lowest BCUT2D eigenvalue weighted by Gasteiger charge is -2.33. The zero-order valence-corrected chi connectivity index (χ0v) is 42.0. The van der Waals surface area contributed by atoms with Crippen molar-refractivity contribution in [3.63, 3.8) is 0 Å². The van der Waals surface area contributed by atoms with Crippen LogP contribution in [0.5, 0.6) is 0 Å².